The average Bonchev–Trinajstić information content (AvgIpc) is 2.70. The van der Waals surface area contributed by atoms with Crippen molar-refractivity contribution in [2.45, 2.75) is 77.0 Å². The molecule has 0 bridgehead atoms. The van der Waals surface area contributed by atoms with Gasteiger partial charge >= 0.3 is 0 Å². The third-order valence-corrected chi connectivity index (χ3v) is 5.54. The van der Waals surface area contributed by atoms with Crippen molar-refractivity contribution in [1.29, 1.82) is 5.26 Å². The van der Waals surface area contributed by atoms with E-state index in [4.69, 9.17) is 10.00 Å². The first-order chi connectivity index (χ1) is 12.8. The number of rotatable bonds is 11. The van der Waals surface area contributed by atoms with E-state index in [0.717, 1.165) is 37.5 Å². The zero-order valence-corrected chi connectivity index (χ0v) is 16.5. The van der Waals surface area contributed by atoms with E-state index in [9.17, 15) is 0 Å². The molecular weight excluding hydrogens is 318 g/mol. The lowest BCUT2D eigenvalue weighted by Crippen LogP contribution is -2.14. The Balaban J connectivity index is 1.50. The van der Waals surface area contributed by atoms with Gasteiger partial charge in [0, 0.05) is 13.2 Å². The van der Waals surface area contributed by atoms with Crippen LogP contribution in [0, 0.1) is 17.2 Å². The number of unbranched alkanes of at least 4 members (excludes halogenated alkanes) is 2. The fraction of sp³-hybridized carbons (Fsp3) is 0.625. The van der Waals surface area contributed by atoms with Crippen molar-refractivity contribution >= 4 is 0 Å². The highest BCUT2D eigenvalue weighted by atomic mass is 16.5. The topological polar surface area (TPSA) is 33.0 Å². The molecule has 0 spiro atoms. The minimum absolute atomic E-state index is 0.691. The van der Waals surface area contributed by atoms with E-state index in [2.05, 4.69) is 37.3 Å². The lowest BCUT2D eigenvalue weighted by molar-refractivity contribution is 0.122. The molecule has 1 fully saturated rings. The number of nitriles is 1. The Labute approximate surface area is 160 Å². The Kier molecular flexibility index (Phi) is 10.1. The molecule has 2 rings (SSSR count). The van der Waals surface area contributed by atoms with Crippen molar-refractivity contribution in [2.75, 3.05) is 13.2 Å². The molecule has 0 aliphatic heterocycles. The van der Waals surface area contributed by atoms with E-state index in [1.54, 1.807) is 0 Å². The smallest absolute Gasteiger partial charge is 0.0991 e. The summed E-state index contributed by atoms with van der Waals surface area (Å²) < 4.78 is 5.78. The summed E-state index contributed by atoms with van der Waals surface area (Å²) in [6.07, 6.45) is 17.1. The van der Waals surface area contributed by atoms with Crippen molar-refractivity contribution in [3.63, 3.8) is 0 Å². The molecule has 0 radical (unpaired) electrons. The molecule has 1 aliphatic rings. The first kappa shape index (κ1) is 20.7. The predicted molar refractivity (Wildman–Crippen MR) is 109 cm³/mol. The summed E-state index contributed by atoms with van der Waals surface area (Å²) in [5, 5.41) is 8.90. The fourth-order valence-electron chi connectivity index (χ4n) is 3.90. The molecule has 0 saturated heterocycles. The lowest BCUT2D eigenvalue weighted by atomic mass is 9.77. The maximum Gasteiger partial charge on any atom is 0.0991 e. The van der Waals surface area contributed by atoms with Gasteiger partial charge in [-0.05, 0) is 87.3 Å². The summed E-state index contributed by atoms with van der Waals surface area (Å²) in [7, 11) is 0. The zero-order chi connectivity index (χ0) is 18.5. The summed E-state index contributed by atoms with van der Waals surface area (Å²) >= 11 is 0. The van der Waals surface area contributed by atoms with Gasteiger partial charge in [-0.1, -0.05) is 37.6 Å². The van der Waals surface area contributed by atoms with Gasteiger partial charge in [-0.3, -0.25) is 0 Å². The minimum Gasteiger partial charge on any atom is -0.381 e. The van der Waals surface area contributed by atoms with Crippen LogP contribution in [0.4, 0.5) is 0 Å². The number of nitrogens with zero attached hydrogens (tertiary/aromatic N) is 1. The van der Waals surface area contributed by atoms with E-state index < -0.39 is 0 Å². The molecule has 0 amide bonds. The lowest BCUT2D eigenvalue weighted by Gasteiger charge is -2.28. The van der Waals surface area contributed by atoms with Crippen LogP contribution in [0.15, 0.2) is 36.4 Å². The van der Waals surface area contributed by atoms with E-state index in [-0.39, 0.29) is 0 Å². The van der Waals surface area contributed by atoms with Crippen molar-refractivity contribution in [3.8, 4) is 6.07 Å². The Hall–Kier alpha value is -1.59. The fourth-order valence-corrected chi connectivity index (χ4v) is 3.90. The second-order valence-electron chi connectivity index (χ2n) is 7.61. The van der Waals surface area contributed by atoms with Gasteiger partial charge < -0.3 is 4.74 Å². The molecule has 1 aromatic rings. The largest absolute Gasteiger partial charge is 0.381 e. The van der Waals surface area contributed by atoms with Crippen LogP contribution < -0.4 is 0 Å². The molecule has 0 atom stereocenters. The quantitative estimate of drug-likeness (QED) is 0.325. The van der Waals surface area contributed by atoms with Crippen molar-refractivity contribution in [3.05, 3.63) is 47.5 Å². The number of benzene rings is 1. The Bertz CT molecular complexity index is 547. The van der Waals surface area contributed by atoms with Gasteiger partial charge in [0.2, 0.25) is 0 Å². The highest BCUT2D eigenvalue weighted by molar-refractivity contribution is 5.33. The first-order valence-electron chi connectivity index (χ1n) is 10.6. The van der Waals surface area contributed by atoms with Crippen LogP contribution in [0.5, 0.6) is 0 Å². The predicted octanol–water partition coefficient (Wildman–Crippen LogP) is 6.77. The molecule has 1 aliphatic carbocycles. The van der Waals surface area contributed by atoms with Gasteiger partial charge in [-0.15, -0.1) is 0 Å². The van der Waals surface area contributed by atoms with E-state index in [0.29, 0.717) is 5.92 Å². The van der Waals surface area contributed by atoms with Crippen LogP contribution in [0.1, 0.15) is 88.2 Å². The molecule has 26 heavy (non-hydrogen) atoms. The molecular formula is C24H35NO. The Morgan fingerprint density at radius 1 is 1.00 bits per heavy atom. The van der Waals surface area contributed by atoms with Crippen LogP contribution in [0.3, 0.4) is 0 Å². The van der Waals surface area contributed by atoms with E-state index in [1.165, 1.54) is 56.9 Å². The number of hydrogen-bond donors (Lipinski definition) is 0. The van der Waals surface area contributed by atoms with Crippen LogP contribution >= 0.6 is 0 Å². The summed E-state index contributed by atoms with van der Waals surface area (Å²) in [5.41, 5.74) is 2.18. The highest BCUT2D eigenvalue weighted by Crippen LogP contribution is 2.37. The standard InChI is InChI=1S/C24H35NO/c1-2-3-4-5-6-7-18-26-19-8-9-21-10-14-23(15-11-21)24-16-12-22(20-25)13-17-24/h4-5,12-13,16-17,21,23H,2-3,6-11,14-15,18-19H2,1H3/b5-4+. The molecule has 142 valence electrons. The zero-order valence-electron chi connectivity index (χ0n) is 16.5. The third kappa shape index (κ3) is 7.75. The van der Waals surface area contributed by atoms with Crippen LogP contribution in [0.2, 0.25) is 0 Å². The highest BCUT2D eigenvalue weighted by Gasteiger charge is 2.21. The van der Waals surface area contributed by atoms with Gasteiger partial charge in [0.15, 0.2) is 0 Å². The number of allylic oxidation sites excluding steroid dienone is 2. The summed E-state index contributed by atoms with van der Waals surface area (Å²) in [4.78, 5) is 0. The van der Waals surface area contributed by atoms with E-state index >= 15 is 0 Å². The van der Waals surface area contributed by atoms with Crippen molar-refractivity contribution in [2.24, 2.45) is 5.92 Å². The maximum absolute atomic E-state index is 8.90. The number of ether oxygens (including phenoxy) is 1. The Morgan fingerprint density at radius 3 is 2.38 bits per heavy atom. The monoisotopic (exact) mass is 353 g/mol. The molecule has 2 heteroatoms. The van der Waals surface area contributed by atoms with Crippen molar-refractivity contribution < 1.29 is 4.74 Å². The summed E-state index contributed by atoms with van der Waals surface area (Å²) in [6.45, 7) is 4.04. The SMILES string of the molecule is CCC/C=C/CCCOCCCC1CCC(c2ccc(C#N)cc2)CC1. The van der Waals surface area contributed by atoms with Crippen LogP contribution in [0.25, 0.3) is 0 Å². The minimum atomic E-state index is 0.691. The Morgan fingerprint density at radius 2 is 1.69 bits per heavy atom. The average molecular weight is 354 g/mol. The van der Waals surface area contributed by atoms with Gasteiger partial charge in [0.25, 0.3) is 0 Å². The van der Waals surface area contributed by atoms with E-state index in [1.807, 2.05) is 12.1 Å². The second kappa shape index (κ2) is 12.7. The summed E-state index contributed by atoms with van der Waals surface area (Å²) in [6, 6.07) is 10.4. The molecule has 0 N–H and O–H groups in total. The molecule has 2 nitrogen and oxygen atoms in total. The molecule has 0 heterocycles. The molecule has 1 saturated carbocycles. The molecule has 0 unspecified atom stereocenters. The molecule has 1 aromatic carbocycles. The van der Waals surface area contributed by atoms with Crippen LogP contribution in [-0.4, -0.2) is 13.2 Å². The van der Waals surface area contributed by atoms with Gasteiger partial charge in [-0.25, -0.2) is 0 Å². The summed E-state index contributed by atoms with van der Waals surface area (Å²) in [5.74, 6) is 1.57. The normalized spacial score (nSPS) is 20.3. The van der Waals surface area contributed by atoms with Gasteiger partial charge in [0.1, 0.15) is 0 Å². The molecule has 0 aromatic heterocycles. The maximum atomic E-state index is 8.90. The van der Waals surface area contributed by atoms with Crippen LogP contribution in [-0.2, 0) is 4.74 Å². The second-order valence-corrected chi connectivity index (χ2v) is 7.61. The first-order valence-corrected chi connectivity index (χ1v) is 10.6. The third-order valence-electron chi connectivity index (χ3n) is 5.54. The number of hydrogen-bond acceptors (Lipinski definition) is 2. The van der Waals surface area contributed by atoms with Gasteiger partial charge in [-0.2, -0.15) is 5.26 Å². The van der Waals surface area contributed by atoms with Crippen molar-refractivity contribution in [1.82, 2.24) is 0 Å². The van der Waals surface area contributed by atoms with Gasteiger partial charge in [0.05, 0.1) is 11.6 Å².